The van der Waals surface area contributed by atoms with E-state index in [1.165, 1.54) is 11.1 Å². The third-order valence-corrected chi connectivity index (χ3v) is 1.86. The summed E-state index contributed by atoms with van der Waals surface area (Å²) >= 11 is 0. The van der Waals surface area contributed by atoms with Crippen LogP contribution < -0.4 is 9.57 Å². The lowest BCUT2D eigenvalue weighted by Gasteiger charge is -1.99. The largest absolute Gasteiger partial charge is 0.274 e. The molecule has 1 aromatic rings. The molecule has 0 bridgehead atoms. The van der Waals surface area contributed by atoms with Gasteiger partial charge in [0, 0.05) is 22.8 Å². The number of aromatic nitrogens is 1. The molecule has 0 aromatic carbocycles. The fraction of sp³-hybridized carbons (Fsp3) is 0.444. The monoisotopic (exact) mass is 152 g/mol. The maximum absolute atomic E-state index is 5.12. The molecule has 2 nitrogen and oxygen atoms in total. The molecule has 0 N–H and O–H groups in total. The van der Waals surface area contributed by atoms with Gasteiger partial charge < -0.3 is 0 Å². The molecule has 0 saturated heterocycles. The Balaban J connectivity index is 3.24. The summed E-state index contributed by atoms with van der Waals surface area (Å²) in [6, 6.07) is 2.14. The third kappa shape index (κ3) is 1.50. The topological polar surface area (TPSA) is 13.1 Å². The van der Waals surface area contributed by atoms with Crippen molar-refractivity contribution >= 4 is 0 Å². The highest BCUT2D eigenvalue weighted by Gasteiger charge is 2.09. The van der Waals surface area contributed by atoms with Crippen molar-refractivity contribution < 1.29 is 9.57 Å². The Morgan fingerprint density at radius 2 is 1.91 bits per heavy atom. The predicted octanol–water partition coefficient (Wildman–Crippen LogP) is 0.958. The second-order valence-corrected chi connectivity index (χ2v) is 2.79. The van der Waals surface area contributed by atoms with Crippen molar-refractivity contribution in [3.8, 4) is 0 Å². The van der Waals surface area contributed by atoms with Gasteiger partial charge in [-0.25, -0.2) is 0 Å². The van der Waals surface area contributed by atoms with Crippen molar-refractivity contribution in [1.82, 2.24) is 0 Å². The van der Waals surface area contributed by atoms with Gasteiger partial charge in [0.1, 0.15) is 7.11 Å². The zero-order valence-corrected chi connectivity index (χ0v) is 7.51. The molecule has 1 aromatic heterocycles. The second-order valence-electron chi connectivity index (χ2n) is 2.79. The molecule has 0 saturated carbocycles. The SMILES string of the molecule is CO[n+]1cc(C)cc(C)c1C. The van der Waals surface area contributed by atoms with Crippen molar-refractivity contribution in [2.45, 2.75) is 20.8 Å². The zero-order valence-electron chi connectivity index (χ0n) is 7.51. The summed E-state index contributed by atoms with van der Waals surface area (Å²) in [5.41, 5.74) is 3.62. The van der Waals surface area contributed by atoms with E-state index in [0.29, 0.717) is 0 Å². The zero-order chi connectivity index (χ0) is 8.43. The molecule has 0 fully saturated rings. The third-order valence-electron chi connectivity index (χ3n) is 1.86. The number of hydrogen-bond donors (Lipinski definition) is 0. The van der Waals surface area contributed by atoms with Crippen molar-refractivity contribution in [2.24, 2.45) is 0 Å². The summed E-state index contributed by atoms with van der Waals surface area (Å²) < 4.78 is 1.78. The molecule has 1 rings (SSSR count). The van der Waals surface area contributed by atoms with Crippen LogP contribution in [0, 0.1) is 20.8 Å². The van der Waals surface area contributed by atoms with E-state index >= 15 is 0 Å². The molecule has 11 heavy (non-hydrogen) atoms. The van der Waals surface area contributed by atoms with E-state index in [4.69, 9.17) is 4.84 Å². The van der Waals surface area contributed by atoms with Crippen LogP contribution in [-0.2, 0) is 0 Å². The summed E-state index contributed by atoms with van der Waals surface area (Å²) in [5, 5.41) is 0. The lowest BCUT2D eigenvalue weighted by atomic mass is 10.2. The van der Waals surface area contributed by atoms with Crippen LogP contribution in [0.5, 0.6) is 0 Å². The Hall–Kier alpha value is -1.05. The van der Waals surface area contributed by atoms with E-state index < -0.39 is 0 Å². The van der Waals surface area contributed by atoms with E-state index in [1.807, 2.05) is 13.1 Å². The number of aryl methyl sites for hydroxylation is 2. The maximum Gasteiger partial charge on any atom is 0.234 e. The Bertz CT molecular complexity index is 269. The Morgan fingerprint density at radius 1 is 1.27 bits per heavy atom. The quantitative estimate of drug-likeness (QED) is 0.546. The van der Waals surface area contributed by atoms with Crippen molar-refractivity contribution in [1.29, 1.82) is 0 Å². The summed E-state index contributed by atoms with van der Waals surface area (Å²) in [5.74, 6) is 0. The molecule has 1 heterocycles. The van der Waals surface area contributed by atoms with Gasteiger partial charge in [-0.3, -0.25) is 4.84 Å². The first-order valence-electron chi connectivity index (χ1n) is 3.69. The fourth-order valence-electron chi connectivity index (χ4n) is 1.13. The number of hydrogen-bond acceptors (Lipinski definition) is 1. The Labute approximate surface area is 67.4 Å². The highest BCUT2D eigenvalue weighted by molar-refractivity contribution is 5.17. The molecule has 0 aliphatic rings. The lowest BCUT2D eigenvalue weighted by molar-refractivity contribution is -0.890. The molecule has 0 aliphatic carbocycles. The number of nitrogens with zero attached hydrogens (tertiary/aromatic N) is 1. The number of pyridine rings is 1. The molecule has 0 aliphatic heterocycles. The van der Waals surface area contributed by atoms with E-state index in [0.717, 1.165) is 5.69 Å². The summed E-state index contributed by atoms with van der Waals surface area (Å²) in [6.07, 6.45) is 1.97. The summed E-state index contributed by atoms with van der Waals surface area (Å²) in [6.45, 7) is 6.18. The molecule has 2 heteroatoms. The van der Waals surface area contributed by atoms with E-state index in [2.05, 4.69) is 19.9 Å². The highest BCUT2D eigenvalue weighted by atomic mass is 16.6. The second kappa shape index (κ2) is 2.91. The Morgan fingerprint density at radius 3 is 2.45 bits per heavy atom. The predicted molar refractivity (Wildman–Crippen MR) is 43.4 cm³/mol. The van der Waals surface area contributed by atoms with Crippen LogP contribution in [0.1, 0.15) is 16.8 Å². The number of rotatable bonds is 1. The smallest absolute Gasteiger partial charge is 0.234 e. The van der Waals surface area contributed by atoms with Crippen molar-refractivity contribution in [3.05, 3.63) is 29.1 Å². The molecule has 0 amide bonds. The molecule has 0 atom stereocenters. The molecule has 0 unspecified atom stereocenters. The van der Waals surface area contributed by atoms with Crippen LogP contribution in [0.2, 0.25) is 0 Å². The van der Waals surface area contributed by atoms with E-state index in [9.17, 15) is 0 Å². The van der Waals surface area contributed by atoms with Crippen LogP contribution in [0.3, 0.4) is 0 Å². The van der Waals surface area contributed by atoms with Crippen LogP contribution in [0.25, 0.3) is 0 Å². The average Bonchev–Trinajstić information content (AvgIpc) is 1.96. The normalized spacial score (nSPS) is 9.82. The van der Waals surface area contributed by atoms with Gasteiger partial charge in [-0.2, -0.15) is 0 Å². The van der Waals surface area contributed by atoms with Crippen LogP contribution in [0.15, 0.2) is 12.3 Å². The van der Waals surface area contributed by atoms with Crippen molar-refractivity contribution in [2.75, 3.05) is 7.11 Å². The lowest BCUT2D eigenvalue weighted by Crippen LogP contribution is -2.43. The van der Waals surface area contributed by atoms with Gasteiger partial charge in [-0.1, -0.05) is 0 Å². The molecule has 0 spiro atoms. The van der Waals surface area contributed by atoms with Gasteiger partial charge in [0.25, 0.3) is 0 Å². The van der Waals surface area contributed by atoms with Gasteiger partial charge in [-0.15, -0.1) is 0 Å². The average molecular weight is 152 g/mol. The first-order valence-corrected chi connectivity index (χ1v) is 3.69. The van der Waals surface area contributed by atoms with Crippen LogP contribution in [-0.4, -0.2) is 7.11 Å². The highest BCUT2D eigenvalue weighted by Crippen LogP contribution is 2.02. The first-order chi connectivity index (χ1) is 5.15. The minimum Gasteiger partial charge on any atom is -0.274 e. The standard InChI is InChI=1S/C9H14NO/c1-7-5-8(2)9(3)10(6-7)11-4/h5-6H,1-4H3/q+1. The fourth-order valence-corrected chi connectivity index (χ4v) is 1.13. The minimum absolute atomic E-state index is 1.15. The van der Waals surface area contributed by atoms with Gasteiger partial charge >= 0.3 is 0 Å². The van der Waals surface area contributed by atoms with Gasteiger partial charge in [0.2, 0.25) is 11.9 Å². The molecular formula is C9H14NO+. The Kier molecular flexibility index (Phi) is 2.13. The molecule has 0 radical (unpaired) electrons. The van der Waals surface area contributed by atoms with Crippen LogP contribution in [0.4, 0.5) is 0 Å². The summed E-state index contributed by atoms with van der Waals surface area (Å²) in [4.78, 5) is 5.12. The van der Waals surface area contributed by atoms with Gasteiger partial charge in [0.15, 0.2) is 0 Å². The first kappa shape index (κ1) is 8.05. The molecule has 60 valence electrons. The summed E-state index contributed by atoms with van der Waals surface area (Å²) in [7, 11) is 1.67. The maximum atomic E-state index is 5.12. The van der Waals surface area contributed by atoms with E-state index in [-0.39, 0.29) is 0 Å². The van der Waals surface area contributed by atoms with Crippen molar-refractivity contribution in [3.63, 3.8) is 0 Å². The van der Waals surface area contributed by atoms with Crippen LogP contribution >= 0.6 is 0 Å². The minimum atomic E-state index is 1.15. The molecular weight excluding hydrogens is 138 g/mol. The van der Waals surface area contributed by atoms with Gasteiger partial charge in [0.05, 0.1) is 0 Å². The van der Waals surface area contributed by atoms with Gasteiger partial charge in [-0.05, 0) is 19.9 Å². The van der Waals surface area contributed by atoms with E-state index in [1.54, 1.807) is 11.8 Å².